The molecule has 2 aromatic rings. The van der Waals surface area contributed by atoms with E-state index in [9.17, 15) is 4.79 Å². The summed E-state index contributed by atoms with van der Waals surface area (Å²) in [5, 5.41) is 6.29. The number of nitrogens with one attached hydrogen (secondary N) is 2. The molecule has 25 heavy (non-hydrogen) atoms. The highest BCUT2D eigenvalue weighted by atomic mass is 16.5. The third-order valence-corrected chi connectivity index (χ3v) is 4.83. The molecule has 0 spiro atoms. The lowest BCUT2D eigenvalue weighted by Crippen LogP contribution is -2.63. The molecule has 1 amide bonds. The number of nitrogens with zero attached hydrogens (tertiary/aromatic N) is 1. The number of benzene rings is 1. The van der Waals surface area contributed by atoms with Crippen LogP contribution in [0.1, 0.15) is 36.6 Å². The highest BCUT2D eigenvalue weighted by Crippen LogP contribution is 2.36. The van der Waals surface area contributed by atoms with E-state index >= 15 is 0 Å². The second-order valence-corrected chi connectivity index (χ2v) is 6.89. The molecule has 0 saturated carbocycles. The minimum Gasteiger partial charge on any atom is -0.480 e. The van der Waals surface area contributed by atoms with Gasteiger partial charge in [0.05, 0.1) is 12.5 Å². The van der Waals surface area contributed by atoms with Crippen LogP contribution in [0.15, 0.2) is 36.4 Å². The zero-order valence-corrected chi connectivity index (χ0v) is 15.2. The molecule has 1 aromatic carbocycles. The van der Waals surface area contributed by atoms with Crippen molar-refractivity contribution in [3.8, 4) is 5.88 Å². The van der Waals surface area contributed by atoms with Gasteiger partial charge in [-0.1, -0.05) is 38.1 Å². The Morgan fingerprint density at radius 3 is 2.56 bits per heavy atom. The molecule has 3 rings (SSSR count). The first-order valence-electron chi connectivity index (χ1n) is 8.61. The van der Waals surface area contributed by atoms with Gasteiger partial charge in [-0.3, -0.25) is 4.79 Å². The normalized spacial score (nSPS) is 15.6. The zero-order chi connectivity index (χ0) is 18.0. The van der Waals surface area contributed by atoms with E-state index in [2.05, 4.69) is 41.6 Å². The second-order valence-electron chi connectivity index (χ2n) is 6.89. The van der Waals surface area contributed by atoms with Crippen LogP contribution in [0.5, 0.6) is 5.88 Å². The molecule has 0 aliphatic carbocycles. The molecule has 132 valence electrons. The number of hydrogen-bond acceptors (Lipinski definition) is 4. The average Bonchev–Trinajstić information content (AvgIpc) is 2.55. The minimum atomic E-state index is -0.559. The summed E-state index contributed by atoms with van der Waals surface area (Å²) in [6.07, 6.45) is 0. The Morgan fingerprint density at radius 1 is 1.24 bits per heavy atom. The molecule has 5 heteroatoms. The monoisotopic (exact) mass is 339 g/mol. The average molecular weight is 339 g/mol. The Labute approximate surface area is 148 Å². The van der Waals surface area contributed by atoms with Crippen molar-refractivity contribution in [2.24, 2.45) is 0 Å². The third kappa shape index (κ3) is 3.12. The summed E-state index contributed by atoms with van der Waals surface area (Å²) in [5.74, 6) is 0.772. The van der Waals surface area contributed by atoms with Gasteiger partial charge in [0.15, 0.2) is 0 Å². The second kappa shape index (κ2) is 6.84. The van der Waals surface area contributed by atoms with Gasteiger partial charge in [0.25, 0.3) is 0 Å². The molecular weight excluding hydrogens is 314 g/mol. The summed E-state index contributed by atoms with van der Waals surface area (Å²) in [6.45, 7) is 7.46. The van der Waals surface area contributed by atoms with Crippen LogP contribution in [0.25, 0.3) is 0 Å². The van der Waals surface area contributed by atoms with Gasteiger partial charge >= 0.3 is 0 Å². The van der Waals surface area contributed by atoms with Crippen LogP contribution in [-0.4, -0.2) is 31.1 Å². The number of ether oxygens (including phenoxy) is 1. The smallest absolute Gasteiger partial charge is 0.237 e. The molecular formula is C20H25N3O2. The van der Waals surface area contributed by atoms with E-state index in [-0.39, 0.29) is 5.91 Å². The summed E-state index contributed by atoms with van der Waals surface area (Å²) >= 11 is 0. The van der Waals surface area contributed by atoms with Crippen LogP contribution in [0.4, 0.5) is 5.69 Å². The molecule has 5 nitrogen and oxygen atoms in total. The van der Waals surface area contributed by atoms with Gasteiger partial charge in [-0.25, -0.2) is 4.98 Å². The van der Waals surface area contributed by atoms with Crippen LogP contribution >= 0.6 is 0 Å². The summed E-state index contributed by atoms with van der Waals surface area (Å²) in [7, 11) is 1.56. The molecule has 2 N–H and O–H groups in total. The highest BCUT2D eigenvalue weighted by Gasteiger charge is 2.47. The fraction of sp³-hybridized carbons (Fsp3) is 0.400. The van der Waals surface area contributed by atoms with Crippen LogP contribution < -0.4 is 15.4 Å². The Bertz CT molecular complexity index is 782. The first-order valence-corrected chi connectivity index (χ1v) is 8.61. The first kappa shape index (κ1) is 17.4. The van der Waals surface area contributed by atoms with E-state index in [0.717, 1.165) is 11.3 Å². The lowest BCUT2D eigenvalue weighted by molar-refractivity contribution is -0.123. The number of carbonyl (C=O) groups excluding carboxylic acids is 1. The molecule has 1 aliphatic rings. The lowest BCUT2D eigenvalue weighted by atomic mass is 9.71. The van der Waals surface area contributed by atoms with Gasteiger partial charge in [0.1, 0.15) is 5.69 Å². The SMILES string of the molecule is COc1nc(C)ccc1NC(=O)C1(c2ccccc2C(C)C)CNC1. The standard InChI is InChI=1S/C20H25N3O2/c1-13(2)15-7-5-6-8-16(15)20(11-21-12-20)19(24)23-17-10-9-14(3)22-18(17)25-4/h5-10,13,21H,11-12H2,1-4H3,(H,23,24). The molecule has 1 saturated heterocycles. The van der Waals surface area contributed by atoms with Crippen LogP contribution in [0.2, 0.25) is 0 Å². The summed E-state index contributed by atoms with van der Waals surface area (Å²) in [4.78, 5) is 17.5. The Hall–Kier alpha value is -2.40. The number of methoxy groups -OCH3 is 1. The Kier molecular flexibility index (Phi) is 4.77. The van der Waals surface area contributed by atoms with Crippen LogP contribution in [0.3, 0.4) is 0 Å². The summed E-state index contributed by atoms with van der Waals surface area (Å²) in [6, 6.07) is 11.9. The van der Waals surface area contributed by atoms with E-state index in [0.29, 0.717) is 30.6 Å². The summed E-state index contributed by atoms with van der Waals surface area (Å²) < 4.78 is 5.32. The van der Waals surface area contributed by atoms with E-state index in [1.165, 1.54) is 5.56 Å². The van der Waals surface area contributed by atoms with Crippen LogP contribution in [-0.2, 0) is 10.2 Å². The van der Waals surface area contributed by atoms with E-state index in [1.807, 2.05) is 31.2 Å². The number of amides is 1. The molecule has 0 atom stereocenters. The van der Waals surface area contributed by atoms with Crippen molar-refractivity contribution in [2.75, 3.05) is 25.5 Å². The predicted octanol–water partition coefficient (Wildman–Crippen LogP) is 3.00. The van der Waals surface area contributed by atoms with Crippen molar-refractivity contribution >= 4 is 11.6 Å². The number of anilines is 1. The quantitative estimate of drug-likeness (QED) is 0.879. The molecule has 2 heterocycles. The van der Waals surface area contributed by atoms with Gasteiger partial charge < -0.3 is 15.4 Å². The number of carbonyl (C=O) groups is 1. The van der Waals surface area contributed by atoms with Gasteiger partial charge in [0.2, 0.25) is 11.8 Å². The molecule has 0 unspecified atom stereocenters. The number of pyridine rings is 1. The molecule has 1 fully saturated rings. The topological polar surface area (TPSA) is 63.2 Å². The third-order valence-electron chi connectivity index (χ3n) is 4.83. The lowest BCUT2D eigenvalue weighted by Gasteiger charge is -2.43. The molecule has 0 bridgehead atoms. The minimum absolute atomic E-state index is 0.0247. The number of rotatable bonds is 5. The van der Waals surface area contributed by atoms with Crippen molar-refractivity contribution in [3.63, 3.8) is 0 Å². The molecule has 1 aliphatic heterocycles. The van der Waals surface area contributed by atoms with Crippen molar-refractivity contribution in [2.45, 2.75) is 32.1 Å². The number of hydrogen-bond donors (Lipinski definition) is 2. The van der Waals surface area contributed by atoms with Gasteiger partial charge in [-0.2, -0.15) is 0 Å². The van der Waals surface area contributed by atoms with Crippen LogP contribution in [0, 0.1) is 6.92 Å². The number of aryl methyl sites for hydroxylation is 1. The van der Waals surface area contributed by atoms with Crippen molar-refractivity contribution in [1.82, 2.24) is 10.3 Å². The Morgan fingerprint density at radius 2 is 1.96 bits per heavy atom. The maximum absolute atomic E-state index is 13.2. The van der Waals surface area contributed by atoms with Crippen molar-refractivity contribution in [1.29, 1.82) is 0 Å². The zero-order valence-electron chi connectivity index (χ0n) is 15.2. The first-order chi connectivity index (χ1) is 12.0. The van der Waals surface area contributed by atoms with E-state index < -0.39 is 5.41 Å². The van der Waals surface area contributed by atoms with Crippen molar-refractivity contribution < 1.29 is 9.53 Å². The fourth-order valence-corrected chi connectivity index (χ4v) is 3.31. The van der Waals surface area contributed by atoms with E-state index in [4.69, 9.17) is 4.74 Å². The van der Waals surface area contributed by atoms with Gasteiger partial charge in [-0.05, 0) is 36.1 Å². The van der Waals surface area contributed by atoms with E-state index in [1.54, 1.807) is 7.11 Å². The number of aromatic nitrogens is 1. The van der Waals surface area contributed by atoms with Gasteiger partial charge in [-0.15, -0.1) is 0 Å². The highest BCUT2D eigenvalue weighted by molar-refractivity contribution is 6.01. The largest absolute Gasteiger partial charge is 0.480 e. The van der Waals surface area contributed by atoms with Gasteiger partial charge in [0, 0.05) is 18.8 Å². The Balaban J connectivity index is 1.95. The van der Waals surface area contributed by atoms with Crippen molar-refractivity contribution in [3.05, 3.63) is 53.2 Å². The predicted molar refractivity (Wildman–Crippen MR) is 99.2 cm³/mol. The summed E-state index contributed by atoms with van der Waals surface area (Å²) in [5.41, 5.74) is 3.20. The fourth-order valence-electron chi connectivity index (χ4n) is 3.31. The maximum atomic E-state index is 13.2. The maximum Gasteiger partial charge on any atom is 0.237 e. The molecule has 0 radical (unpaired) electrons. The molecule has 1 aromatic heterocycles.